The molecule has 10 heteroatoms. The lowest BCUT2D eigenvalue weighted by atomic mass is 10.2. The predicted molar refractivity (Wildman–Crippen MR) is 81.2 cm³/mol. The number of carbonyl (C=O) groups is 2. The molecule has 1 saturated heterocycles. The average Bonchev–Trinajstić information content (AvgIpc) is 2.98. The minimum Gasteiger partial charge on any atom is -0.463 e. The van der Waals surface area contributed by atoms with Crippen LogP contribution < -0.4 is 11.2 Å². The van der Waals surface area contributed by atoms with Gasteiger partial charge in [-0.15, -0.1) is 0 Å². The summed E-state index contributed by atoms with van der Waals surface area (Å²) in [6.45, 7) is 3.06. The van der Waals surface area contributed by atoms with E-state index < -0.39 is 47.4 Å². The highest BCUT2D eigenvalue weighted by molar-refractivity contribution is 5.69. The van der Waals surface area contributed by atoms with Gasteiger partial charge >= 0.3 is 17.6 Å². The van der Waals surface area contributed by atoms with E-state index in [1.54, 1.807) is 13.8 Å². The molecule has 1 unspecified atom stereocenters. The number of halogens is 1. The van der Waals surface area contributed by atoms with Crippen molar-refractivity contribution >= 4 is 11.9 Å². The fourth-order valence-electron chi connectivity index (χ4n) is 2.35. The summed E-state index contributed by atoms with van der Waals surface area (Å²) in [5.74, 6) is -2.09. The lowest BCUT2D eigenvalue weighted by molar-refractivity contribution is -0.157. The molecule has 0 aliphatic carbocycles. The number of nitrogens with zero attached hydrogens (tertiary/aromatic N) is 1. The van der Waals surface area contributed by atoms with E-state index in [0.717, 1.165) is 10.8 Å². The van der Waals surface area contributed by atoms with Gasteiger partial charge in [0.05, 0.1) is 6.20 Å². The fraction of sp³-hybridized carbons (Fsp3) is 0.600. The highest BCUT2D eigenvalue weighted by Gasteiger charge is 2.40. The number of hydrogen-bond donors (Lipinski definition) is 1. The van der Waals surface area contributed by atoms with Crippen molar-refractivity contribution in [2.75, 3.05) is 6.61 Å². The molecule has 0 amide bonds. The maximum absolute atomic E-state index is 13.5. The molecule has 0 aromatic carbocycles. The minimum absolute atomic E-state index is 0.0471. The molecule has 1 fully saturated rings. The molecule has 1 N–H and O–H groups in total. The highest BCUT2D eigenvalue weighted by atomic mass is 19.1. The van der Waals surface area contributed by atoms with Gasteiger partial charge < -0.3 is 14.2 Å². The molecule has 9 nitrogen and oxygen atoms in total. The van der Waals surface area contributed by atoms with Crippen LogP contribution in [0.25, 0.3) is 0 Å². The van der Waals surface area contributed by atoms with Gasteiger partial charge in [0.1, 0.15) is 25.0 Å². The second-order valence-corrected chi connectivity index (χ2v) is 5.43. The predicted octanol–water partition coefficient (Wildman–Crippen LogP) is 0.238. The molecule has 1 aromatic rings. The number of esters is 2. The lowest BCUT2D eigenvalue weighted by Crippen LogP contribution is -2.34. The molecule has 1 aliphatic rings. The summed E-state index contributed by atoms with van der Waals surface area (Å²) in [7, 11) is 0. The standard InChI is InChI=1S/C15H19FN2O7/c1-3-12(19)23-7-10-9(25-13(20)4-2)5-11(24-10)18-6-8(16)14(21)17-15(18)22/h6,9-11H,3-5,7H2,1-2H3,(H,17,21,22)/t9?,10-,11-/m0/s1. The third-order valence-electron chi connectivity index (χ3n) is 3.68. The molecule has 1 aliphatic heterocycles. The number of H-pyrrole nitrogens is 1. The van der Waals surface area contributed by atoms with Crippen molar-refractivity contribution in [2.24, 2.45) is 0 Å². The van der Waals surface area contributed by atoms with E-state index in [0.29, 0.717) is 0 Å². The van der Waals surface area contributed by atoms with E-state index in [1.165, 1.54) is 0 Å². The van der Waals surface area contributed by atoms with Gasteiger partial charge in [-0.3, -0.25) is 23.9 Å². The first-order chi connectivity index (χ1) is 11.8. The van der Waals surface area contributed by atoms with Crippen molar-refractivity contribution in [1.82, 2.24) is 9.55 Å². The summed E-state index contributed by atoms with van der Waals surface area (Å²) in [5.41, 5.74) is -2.00. The number of carbonyl (C=O) groups excluding carboxylic acids is 2. The Morgan fingerprint density at radius 3 is 2.64 bits per heavy atom. The maximum atomic E-state index is 13.5. The van der Waals surface area contributed by atoms with Gasteiger partial charge in [-0.2, -0.15) is 4.39 Å². The normalized spacial score (nSPS) is 22.6. The van der Waals surface area contributed by atoms with E-state index in [-0.39, 0.29) is 25.9 Å². The van der Waals surface area contributed by atoms with Crippen LogP contribution >= 0.6 is 0 Å². The van der Waals surface area contributed by atoms with Gasteiger partial charge in [-0.25, -0.2) is 4.79 Å². The molecule has 3 atom stereocenters. The molecule has 0 spiro atoms. The van der Waals surface area contributed by atoms with Crippen molar-refractivity contribution in [1.29, 1.82) is 0 Å². The number of ether oxygens (including phenoxy) is 3. The first-order valence-corrected chi connectivity index (χ1v) is 7.87. The Labute approximate surface area is 141 Å². The van der Waals surface area contributed by atoms with Gasteiger partial charge in [0, 0.05) is 19.3 Å². The Hall–Kier alpha value is -2.49. The zero-order chi connectivity index (χ0) is 18.6. The lowest BCUT2D eigenvalue weighted by Gasteiger charge is -2.18. The van der Waals surface area contributed by atoms with Gasteiger partial charge in [0.15, 0.2) is 0 Å². The molecule has 0 radical (unpaired) electrons. The summed E-state index contributed by atoms with van der Waals surface area (Å²) >= 11 is 0. The summed E-state index contributed by atoms with van der Waals surface area (Å²) in [5, 5.41) is 0. The van der Waals surface area contributed by atoms with Crippen molar-refractivity contribution in [3.63, 3.8) is 0 Å². The zero-order valence-electron chi connectivity index (χ0n) is 13.8. The molecule has 1 aromatic heterocycles. The van der Waals surface area contributed by atoms with Gasteiger partial charge in [-0.1, -0.05) is 13.8 Å². The zero-order valence-corrected chi connectivity index (χ0v) is 13.8. The van der Waals surface area contributed by atoms with Crippen LogP contribution in [0.1, 0.15) is 39.3 Å². The molecule has 0 bridgehead atoms. The second-order valence-electron chi connectivity index (χ2n) is 5.43. The first-order valence-electron chi connectivity index (χ1n) is 7.87. The number of hydrogen-bond acceptors (Lipinski definition) is 7. The summed E-state index contributed by atoms with van der Waals surface area (Å²) in [6.07, 6.45) is -1.48. The SMILES string of the molecule is CCC(=O)OC[C@@H]1O[C@H](n2cc(F)c(=O)[nH]c2=O)CC1OC(=O)CC. The Bertz CT molecular complexity index is 757. The van der Waals surface area contributed by atoms with Crippen LogP contribution in [0.4, 0.5) is 4.39 Å². The summed E-state index contributed by atoms with van der Waals surface area (Å²) in [4.78, 5) is 47.7. The minimum atomic E-state index is -1.15. The Kier molecular flexibility index (Phi) is 6.07. The average molecular weight is 358 g/mol. The van der Waals surface area contributed by atoms with Crippen LogP contribution in [-0.2, 0) is 23.8 Å². The Morgan fingerprint density at radius 2 is 2.00 bits per heavy atom. The van der Waals surface area contributed by atoms with Crippen LogP contribution in [0.3, 0.4) is 0 Å². The third kappa shape index (κ3) is 4.53. The number of nitrogens with one attached hydrogen (secondary N) is 1. The molecule has 138 valence electrons. The largest absolute Gasteiger partial charge is 0.463 e. The molecule has 0 saturated carbocycles. The van der Waals surface area contributed by atoms with Crippen molar-refractivity contribution in [3.8, 4) is 0 Å². The number of rotatable bonds is 6. The molecule has 2 heterocycles. The van der Waals surface area contributed by atoms with Crippen molar-refractivity contribution in [3.05, 3.63) is 32.9 Å². The molecule has 2 rings (SSSR count). The summed E-state index contributed by atoms with van der Waals surface area (Å²) < 4.78 is 30.2. The van der Waals surface area contributed by atoms with E-state index >= 15 is 0 Å². The Balaban J connectivity index is 2.20. The van der Waals surface area contributed by atoms with Crippen molar-refractivity contribution < 1.29 is 28.2 Å². The topological polar surface area (TPSA) is 117 Å². The Morgan fingerprint density at radius 1 is 1.32 bits per heavy atom. The van der Waals surface area contributed by atoms with Crippen LogP contribution in [0.15, 0.2) is 15.8 Å². The van der Waals surface area contributed by atoms with Crippen LogP contribution in [0, 0.1) is 5.82 Å². The first kappa shape index (κ1) is 18.8. The highest BCUT2D eigenvalue weighted by Crippen LogP contribution is 2.30. The molecular formula is C15H19FN2O7. The molecule has 25 heavy (non-hydrogen) atoms. The van der Waals surface area contributed by atoms with Crippen molar-refractivity contribution in [2.45, 2.75) is 51.5 Å². The van der Waals surface area contributed by atoms with Crippen LogP contribution in [-0.4, -0.2) is 40.3 Å². The van der Waals surface area contributed by atoms with Crippen LogP contribution in [0.5, 0.6) is 0 Å². The second kappa shape index (κ2) is 8.06. The van der Waals surface area contributed by atoms with E-state index in [1.807, 2.05) is 4.98 Å². The third-order valence-corrected chi connectivity index (χ3v) is 3.68. The summed E-state index contributed by atoms with van der Waals surface area (Å²) in [6, 6.07) is 0. The van der Waals surface area contributed by atoms with E-state index in [9.17, 15) is 23.6 Å². The van der Waals surface area contributed by atoms with Gasteiger partial charge in [0.2, 0.25) is 5.82 Å². The number of aromatic nitrogens is 2. The van der Waals surface area contributed by atoms with E-state index in [2.05, 4.69) is 0 Å². The quantitative estimate of drug-likeness (QED) is 0.724. The van der Waals surface area contributed by atoms with Crippen LogP contribution in [0.2, 0.25) is 0 Å². The van der Waals surface area contributed by atoms with Gasteiger partial charge in [-0.05, 0) is 0 Å². The smallest absolute Gasteiger partial charge is 0.330 e. The monoisotopic (exact) mass is 358 g/mol. The van der Waals surface area contributed by atoms with E-state index in [4.69, 9.17) is 14.2 Å². The maximum Gasteiger partial charge on any atom is 0.330 e. The van der Waals surface area contributed by atoms with Gasteiger partial charge in [0.25, 0.3) is 5.56 Å². The number of aromatic amines is 1. The fourth-order valence-corrected chi connectivity index (χ4v) is 2.35. The molecular weight excluding hydrogens is 339 g/mol.